The molecule has 0 rings (SSSR count). The number of rotatable bonds is 8. The molecule has 2 unspecified atom stereocenters. The zero-order chi connectivity index (χ0) is 11.9. The highest BCUT2D eigenvalue weighted by molar-refractivity contribution is 4.83. The fraction of sp³-hybridized carbons (Fsp3) is 1.00. The van der Waals surface area contributed by atoms with E-state index in [1.54, 1.807) is 0 Å². The van der Waals surface area contributed by atoms with Gasteiger partial charge >= 0.3 is 0 Å². The van der Waals surface area contributed by atoms with Crippen molar-refractivity contribution < 1.29 is 5.11 Å². The van der Waals surface area contributed by atoms with Crippen molar-refractivity contribution in [1.29, 1.82) is 0 Å². The maximum Gasteiger partial charge on any atom is 0.0670 e. The Morgan fingerprint density at radius 3 is 2.07 bits per heavy atom. The lowest BCUT2D eigenvalue weighted by Crippen LogP contribution is -2.36. The first-order valence-corrected chi connectivity index (χ1v) is 6.72. The van der Waals surface area contributed by atoms with E-state index in [4.69, 9.17) is 0 Å². The average molecular weight is 214 g/mol. The maximum atomic E-state index is 10.5. The normalized spacial score (nSPS) is 17.8. The fourth-order valence-electron chi connectivity index (χ4n) is 2.23. The monoisotopic (exact) mass is 214 g/mol. The summed E-state index contributed by atoms with van der Waals surface area (Å²) in [6, 6.07) is 0. The van der Waals surface area contributed by atoms with Gasteiger partial charge in [-0.1, -0.05) is 60.3 Å². The summed E-state index contributed by atoms with van der Waals surface area (Å²) >= 11 is 0. The van der Waals surface area contributed by atoms with Gasteiger partial charge in [-0.3, -0.25) is 0 Å². The highest BCUT2D eigenvalue weighted by Gasteiger charge is 2.31. The molecule has 0 aliphatic heterocycles. The SMILES string of the molecule is CCCCC(CC)CC(O)(CC)C(C)C. The van der Waals surface area contributed by atoms with Gasteiger partial charge in [0.05, 0.1) is 5.60 Å². The Morgan fingerprint density at radius 1 is 1.13 bits per heavy atom. The van der Waals surface area contributed by atoms with Crippen LogP contribution in [0.15, 0.2) is 0 Å². The molecule has 2 atom stereocenters. The van der Waals surface area contributed by atoms with E-state index in [0.717, 1.165) is 12.8 Å². The summed E-state index contributed by atoms with van der Waals surface area (Å²) in [6.07, 6.45) is 6.92. The molecule has 0 aliphatic rings. The Hall–Kier alpha value is -0.0400. The second kappa shape index (κ2) is 7.27. The predicted molar refractivity (Wildman–Crippen MR) is 68.0 cm³/mol. The van der Waals surface area contributed by atoms with Crippen LogP contribution in [0.2, 0.25) is 0 Å². The molecule has 1 heteroatoms. The largest absolute Gasteiger partial charge is 0.390 e. The van der Waals surface area contributed by atoms with Crippen LogP contribution in [-0.4, -0.2) is 10.7 Å². The van der Waals surface area contributed by atoms with Crippen molar-refractivity contribution in [3.8, 4) is 0 Å². The van der Waals surface area contributed by atoms with E-state index >= 15 is 0 Å². The van der Waals surface area contributed by atoms with Crippen LogP contribution in [0.5, 0.6) is 0 Å². The van der Waals surface area contributed by atoms with Gasteiger partial charge in [0, 0.05) is 0 Å². The van der Waals surface area contributed by atoms with Crippen molar-refractivity contribution in [2.24, 2.45) is 11.8 Å². The first kappa shape index (κ1) is 15.0. The molecule has 0 bridgehead atoms. The minimum atomic E-state index is -0.436. The van der Waals surface area contributed by atoms with Crippen molar-refractivity contribution in [1.82, 2.24) is 0 Å². The van der Waals surface area contributed by atoms with E-state index < -0.39 is 5.60 Å². The third kappa shape index (κ3) is 5.01. The maximum absolute atomic E-state index is 10.5. The molecule has 0 fully saturated rings. The van der Waals surface area contributed by atoms with E-state index in [2.05, 4.69) is 34.6 Å². The van der Waals surface area contributed by atoms with Gasteiger partial charge in [0.2, 0.25) is 0 Å². The van der Waals surface area contributed by atoms with Gasteiger partial charge < -0.3 is 5.11 Å². The van der Waals surface area contributed by atoms with Crippen LogP contribution in [0.25, 0.3) is 0 Å². The Balaban J connectivity index is 4.23. The smallest absolute Gasteiger partial charge is 0.0670 e. The molecule has 1 nitrogen and oxygen atoms in total. The summed E-state index contributed by atoms with van der Waals surface area (Å²) in [6.45, 7) is 10.9. The zero-order valence-electron chi connectivity index (χ0n) is 11.3. The van der Waals surface area contributed by atoms with E-state index in [-0.39, 0.29) is 0 Å². The highest BCUT2D eigenvalue weighted by Crippen LogP contribution is 2.32. The van der Waals surface area contributed by atoms with E-state index in [1.807, 2.05) is 0 Å². The number of aliphatic hydroxyl groups is 1. The molecule has 0 aromatic heterocycles. The summed E-state index contributed by atoms with van der Waals surface area (Å²) in [5, 5.41) is 10.5. The van der Waals surface area contributed by atoms with Crippen LogP contribution in [-0.2, 0) is 0 Å². The summed E-state index contributed by atoms with van der Waals surface area (Å²) in [5.74, 6) is 1.08. The summed E-state index contributed by atoms with van der Waals surface area (Å²) in [4.78, 5) is 0. The molecule has 0 aromatic rings. The molecule has 1 N–H and O–H groups in total. The van der Waals surface area contributed by atoms with E-state index in [9.17, 15) is 5.11 Å². The van der Waals surface area contributed by atoms with Crippen LogP contribution in [0, 0.1) is 11.8 Å². The molecule has 0 saturated carbocycles. The number of unbranched alkanes of at least 4 members (excludes halogenated alkanes) is 1. The quantitative estimate of drug-likeness (QED) is 0.635. The number of hydrogen-bond acceptors (Lipinski definition) is 1. The first-order chi connectivity index (χ1) is 7.00. The molecule has 15 heavy (non-hydrogen) atoms. The van der Waals surface area contributed by atoms with Crippen molar-refractivity contribution in [3.63, 3.8) is 0 Å². The summed E-state index contributed by atoms with van der Waals surface area (Å²) < 4.78 is 0. The van der Waals surface area contributed by atoms with Crippen molar-refractivity contribution in [3.05, 3.63) is 0 Å². The average Bonchev–Trinajstić information content (AvgIpc) is 2.23. The van der Waals surface area contributed by atoms with Gasteiger partial charge in [-0.15, -0.1) is 0 Å². The molecule has 0 saturated heterocycles. The van der Waals surface area contributed by atoms with E-state index in [0.29, 0.717) is 11.8 Å². The van der Waals surface area contributed by atoms with Gasteiger partial charge in [-0.2, -0.15) is 0 Å². The topological polar surface area (TPSA) is 20.2 Å². The second-order valence-corrected chi connectivity index (χ2v) is 5.23. The van der Waals surface area contributed by atoms with Crippen LogP contribution in [0.1, 0.15) is 73.1 Å². The number of hydrogen-bond donors (Lipinski definition) is 1. The van der Waals surface area contributed by atoms with Gasteiger partial charge in [-0.05, 0) is 24.7 Å². The van der Waals surface area contributed by atoms with Gasteiger partial charge in [0.1, 0.15) is 0 Å². The van der Waals surface area contributed by atoms with Crippen LogP contribution in [0.4, 0.5) is 0 Å². The molecule has 0 aliphatic carbocycles. The minimum absolute atomic E-state index is 0.373. The van der Waals surface area contributed by atoms with Gasteiger partial charge in [0.15, 0.2) is 0 Å². The lowest BCUT2D eigenvalue weighted by molar-refractivity contribution is -0.0317. The zero-order valence-corrected chi connectivity index (χ0v) is 11.3. The molecule has 0 spiro atoms. The lowest BCUT2D eigenvalue weighted by Gasteiger charge is -2.34. The Bertz CT molecular complexity index is 153. The standard InChI is InChI=1S/C14H30O/c1-6-9-10-13(7-2)11-14(15,8-3)12(4)5/h12-13,15H,6-11H2,1-5H3. The summed E-state index contributed by atoms with van der Waals surface area (Å²) in [5.41, 5.74) is -0.436. The highest BCUT2D eigenvalue weighted by atomic mass is 16.3. The fourth-order valence-corrected chi connectivity index (χ4v) is 2.23. The van der Waals surface area contributed by atoms with E-state index in [1.165, 1.54) is 25.7 Å². The van der Waals surface area contributed by atoms with Crippen LogP contribution in [0.3, 0.4) is 0 Å². The second-order valence-electron chi connectivity index (χ2n) is 5.23. The van der Waals surface area contributed by atoms with Crippen LogP contribution < -0.4 is 0 Å². The molecule has 0 aromatic carbocycles. The molecule has 92 valence electrons. The minimum Gasteiger partial charge on any atom is -0.390 e. The lowest BCUT2D eigenvalue weighted by atomic mass is 9.78. The Kier molecular flexibility index (Phi) is 7.25. The molecule has 0 amide bonds. The van der Waals surface area contributed by atoms with Gasteiger partial charge in [0.25, 0.3) is 0 Å². The molecular formula is C14H30O. The first-order valence-electron chi connectivity index (χ1n) is 6.72. The van der Waals surface area contributed by atoms with Gasteiger partial charge in [-0.25, -0.2) is 0 Å². The van der Waals surface area contributed by atoms with Crippen molar-refractivity contribution in [2.45, 2.75) is 78.7 Å². The van der Waals surface area contributed by atoms with Crippen LogP contribution >= 0.6 is 0 Å². The molecular weight excluding hydrogens is 184 g/mol. The third-order valence-corrected chi connectivity index (χ3v) is 3.87. The Labute approximate surface area is 96.3 Å². The molecule has 0 heterocycles. The third-order valence-electron chi connectivity index (χ3n) is 3.87. The predicted octanol–water partition coefficient (Wildman–Crippen LogP) is 4.39. The van der Waals surface area contributed by atoms with Crippen molar-refractivity contribution >= 4 is 0 Å². The Morgan fingerprint density at radius 2 is 1.73 bits per heavy atom. The summed E-state index contributed by atoms with van der Waals surface area (Å²) in [7, 11) is 0. The molecule has 0 radical (unpaired) electrons. The van der Waals surface area contributed by atoms with Crippen molar-refractivity contribution in [2.75, 3.05) is 0 Å².